The van der Waals surface area contributed by atoms with E-state index in [2.05, 4.69) is 28.8 Å². The first-order chi connectivity index (χ1) is 15.6. The number of carbonyl (C=O) groups is 2. The maximum atomic E-state index is 12.7. The number of alkyl halides is 3. The van der Waals surface area contributed by atoms with Crippen LogP contribution in [0.1, 0.15) is 25.8 Å². The van der Waals surface area contributed by atoms with Crippen molar-refractivity contribution < 1.29 is 27.5 Å². The lowest BCUT2D eigenvalue weighted by Crippen LogP contribution is -2.53. The summed E-state index contributed by atoms with van der Waals surface area (Å²) < 4.78 is 41.6. The highest BCUT2D eigenvalue weighted by molar-refractivity contribution is 5.79. The minimum absolute atomic E-state index is 0.0494. The molecule has 0 saturated carbocycles. The third kappa shape index (κ3) is 8.19. The van der Waals surface area contributed by atoms with Crippen molar-refractivity contribution in [2.75, 3.05) is 52.4 Å². The van der Waals surface area contributed by atoms with Gasteiger partial charge in [0.15, 0.2) is 0 Å². The van der Waals surface area contributed by atoms with Crippen LogP contribution in [0, 0.1) is 11.8 Å². The highest BCUT2D eigenvalue weighted by Crippen LogP contribution is 2.26. The van der Waals surface area contributed by atoms with E-state index in [0.717, 1.165) is 19.5 Å². The number of ether oxygens (including phenoxy) is 1. The standard InChI is InChI=1S/C23H33F3N4O3/c1-17-11-18(2)14-30(13-17)22(32)16-29-9-7-28(8-10-29)15-21(31)27-12-19-5-3-4-6-20(19)33-23(24,25)26/h3-6,17-18H,7-16H2,1-2H3,(H,27,31)/t17-,18-/m1/s1. The van der Waals surface area contributed by atoms with Crippen molar-refractivity contribution in [1.82, 2.24) is 20.0 Å². The third-order valence-corrected chi connectivity index (χ3v) is 6.09. The van der Waals surface area contributed by atoms with Crippen molar-refractivity contribution in [3.63, 3.8) is 0 Å². The molecule has 10 heteroatoms. The van der Waals surface area contributed by atoms with Gasteiger partial charge in [-0.1, -0.05) is 32.0 Å². The molecule has 2 aliphatic rings. The number of halogens is 3. The van der Waals surface area contributed by atoms with Gasteiger partial charge >= 0.3 is 6.36 Å². The average Bonchev–Trinajstić information content (AvgIpc) is 2.73. The predicted molar refractivity (Wildman–Crippen MR) is 117 cm³/mol. The maximum absolute atomic E-state index is 12.7. The van der Waals surface area contributed by atoms with E-state index in [1.165, 1.54) is 18.2 Å². The van der Waals surface area contributed by atoms with Crippen molar-refractivity contribution in [1.29, 1.82) is 0 Å². The number of carbonyl (C=O) groups excluding carboxylic acids is 2. The lowest BCUT2D eigenvalue weighted by Gasteiger charge is -2.38. The Bertz CT molecular complexity index is 802. The molecule has 0 aliphatic carbocycles. The molecule has 0 radical (unpaired) electrons. The number of para-hydroxylation sites is 1. The van der Waals surface area contributed by atoms with Gasteiger partial charge in [-0.2, -0.15) is 0 Å². The molecule has 7 nitrogen and oxygen atoms in total. The van der Waals surface area contributed by atoms with Gasteiger partial charge in [0.05, 0.1) is 13.1 Å². The van der Waals surface area contributed by atoms with E-state index in [-0.39, 0.29) is 36.2 Å². The molecular formula is C23H33F3N4O3. The second-order valence-corrected chi connectivity index (χ2v) is 9.23. The van der Waals surface area contributed by atoms with Crippen LogP contribution in [0.25, 0.3) is 0 Å². The molecule has 1 N–H and O–H groups in total. The molecule has 2 saturated heterocycles. The van der Waals surface area contributed by atoms with Gasteiger partial charge in [0.2, 0.25) is 11.8 Å². The SMILES string of the molecule is C[C@@H]1C[C@@H](C)CN(C(=O)CN2CCN(CC(=O)NCc3ccccc3OC(F)(F)F)CC2)C1. The van der Waals surface area contributed by atoms with Crippen molar-refractivity contribution in [3.8, 4) is 5.75 Å². The predicted octanol–water partition coefficient (Wildman–Crippen LogP) is 2.32. The highest BCUT2D eigenvalue weighted by atomic mass is 19.4. The van der Waals surface area contributed by atoms with E-state index in [4.69, 9.17) is 0 Å². The van der Waals surface area contributed by atoms with E-state index in [1.807, 2.05) is 9.80 Å². The molecular weight excluding hydrogens is 437 g/mol. The third-order valence-electron chi connectivity index (χ3n) is 6.09. The van der Waals surface area contributed by atoms with E-state index in [1.54, 1.807) is 6.07 Å². The Morgan fingerprint density at radius 2 is 1.58 bits per heavy atom. The molecule has 1 aromatic rings. The van der Waals surface area contributed by atoms with Gasteiger partial charge < -0.3 is 15.0 Å². The smallest absolute Gasteiger partial charge is 0.405 e. The number of nitrogens with one attached hydrogen (secondary N) is 1. The minimum Gasteiger partial charge on any atom is -0.405 e. The van der Waals surface area contributed by atoms with Gasteiger partial charge in [0, 0.05) is 51.4 Å². The largest absolute Gasteiger partial charge is 0.573 e. The zero-order valence-electron chi connectivity index (χ0n) is 19.2. The minimum atomic E-state index is -4.79. The topological polar surface area (TPSA) is 65.1 Å². The summed E-state index contributed by atoms with van der Waals surface area (Å²) in [6, 6.07) is 5.75. The van der Waals surface area contributed by atoms with E-state index >= 15 is 0 Å². The Morgan fingerprint density at radius 3 is 2.18 bits per heavy atom. The number of likely N-dealkylation sites (tertiary alicyclic amines) is 1. The summed E-state index contributed by atoms with van der Waals surface area (Å²) in [7, 11) is 0. The molecule has 2 heterocycles. The fourth-order valence-electron chi connectivity index (χ4n) is 4.59. The lowest BCUT2D eigenvalue weighted by molar-refractivity contribution is -0.274. The van der Waals surface area contributed by atoms with Crippen LogP contribution in [0.3, 0.4) is 0 Å². The number of rotatable bonds is 7. The Labute approximate surface area is 192 Å². The first-order valence-electron chi connectivity index (χ1n) is 11.4. The summed E-state index contributed by atoms with van der Waals surface area (Å²) in [5.41, 5.74) is 0.257. The highest BCUT2D eigenvalue weighted by Gasteiger charge is 2.32. The number of hydrogen-bond acceptors (Lipinski definition) is 5. The number of benzene rings is 1. The molecule has 2 amide bonds. The number of piperazine rings is 1. The van der Waals surface area contributed by atoms with Crippen molar-refractivity contribution in [2.24, 2.45) is 11.8 Å². The molecule has 2 aliphatic heterocycles. The molecule has 0 bridgehead atoms. The van der Waals surface area contributed by atoms with Crippen LogP contribution in [-0.2, 0) is 16.1 Å². The van der Waals surface area contributed by atoms with Crippen LogP contribution in [0.15, 0.2) is 24.3 Å². The van der Waals surface area contributed by atoms with Gasteiger partial charge in [0.1, 0.15) is 5.75 Å². The van der Waals surface area contributed by atoms with Gasteiger partial charge in [-0.05, 0) is 24.3 Å². The quantitative estimate of drug-likeness (QED) is 0.663. The molecule has 2 atom stereocenters. The Hall–Kier alpha value is -2.33. The van der Waals surface area contributed by atoms with Crippen LogP contribution in [-0.4, -0.2) is 85.2 Å². The van der Waals surface area contributed by atoms with Gasteiger partial charge in [0.25, 0.3) is 0 Å². The number of piperidine rings is 1. The monoisotopic (exact) mass is 470 g/mol. The first-order valence-corrected chi connectivity index (χ1v) is 11.4. The summed E-state index contributed by atoms with van der Waals surface area (Å²) in [5, 5.41) is 2.66. The lowest BCUT2D eigenvalue weighted by atomic mass is 9.92. The Morgan fingerprint density at radius 1 is 1.00 bits per heavy atom. The van der Waals surface area contributed by atoms with E-state index < -0.39 is 6.36 Å². The molecule has 184 valence electrons. The van der Waals surface area contributed by atoms with E-state index in [9.17, 15) is 22.8 Å². The fraction of sp³-hybridized carbons (Fsp3) is 0.652. The molecule has 0 aromatic heterocycles. The van der Waals surface area contributed by atoms with Crippen molar-refractivity contribution in [3.05, 3.63) is 29.8 Å². The zero-order chi connectivity index (χ0) is 24.0. The van der Waals surface area contributed by atoms with Gasteiger partial charge in [-0.3, -0.25) is 19.4 Å². The summed E-state index contributed by atoms with van der Waals surface area (Å²) in [5.74, 6) is 0.637. The normalized spacial score (nSPS) is 22.8. The summed E-state index contributed by atoms with van der Waals surface area (Å²) >= 11 is 0. The second-order valence-electron chi connectivity index (χ2n) is 9.23. The van der Waals surface area contributed by atoms with Crippen LogP contribution in [0.5, 0.6) is 5.75 Å². The number of hydrogen-bond donors (Lipinski definition) is 1. The molecule has 2 fully saturated rings. The van der Waals surface area contributed by atoms with Crippen LogP contribution < -0.4 is 10.1 Å². The maximum Gasteiger partial charge on any atom is 0.573 e. The van der Waals surface area contributed by atoms with Crippen LogP contribution in [0.2, 0.25) is 0 Å². The number of amides is 2. The molecule has 0 spiro atoms. The first kappa shape index (κ1) is 25.3. The summed E-state index contributed by atoms with van der Waals surface area (Å²) in [6.07, 6.45) is -3.63. The Balaban J connectivity index is 1.39. The summed E-state index contributed by atoms with van der Waals surface area (Å²) in [6.45, 7) is 9.21. The van der Waals surface area contributed by atoms with Crippen molar-refractivity contribution in [2.45, 2.75) is 33.2 Å². The Kier molecular flexibility index (Phi) is 8.58. The molecule has 0 unspecified atom stereocenters. The molecule has 1 aromatic carbocycles. The average molecular weight is 471 g/mol. The number of nitrogens with zero attached hydrogens (tertiary/aromatic N) is 3. The van der Waals surface area contributed by atoms with Crippen LogP contribution in [0.4, 0.5) is 13.2 Å². The summed E-state index contributed by atoms with van der Waals surface area (Å²) in [4.78, 5) is 31.1. The van der Waals surface area contributed by atoms with Crippen molar-refractivity contribution >= 4 is 11.8 Å². The van der Waals surface area contributed by atoms with Gasteiger partial charge in [-0.25, -0.2) is 0 Å². The van der Waals surface area contributed by atoms with Gasteiger partial charge in [-0.15, -0.1) is 13.2 Å². The molecule has 3 rings (SSSR count). The zero-order valence-corrected chi connectivity index (χ0v) is 19.2. The van der Waals surface area contributed by atoms with Crippen LogP contribution >= 0.6 is 0 Å². The molecule has 33 heavy (non-hydrogen) atoms. The second kappa shape index (κ2) is 11.2. The fourth-order valence-corrected chi connectivity index (χ4v) is 4.59. The van der Waals surface area contributed by atoms with E-state index in [0.29, 0.717) is 44.6 Å².